The van der Waals surface area contributed by atoms with Gasteiger partial charge in [0.2, 0.25) is 5.91 Å². The molecule has 0 spiro atoms. The fourth-order valence-corrected chi connectivity index (χ4v) is 3.60. The highest BCUT2D eigenvalue weighted by atomic mass is 16.2. The molecule has 1 aromatic carbocycles. The van der Waals surface area contributed by atoms with E-state index in [4.69, 9.17) is 0 Å². The first kappa shape index (κ1) is 16.4. The summed E-state index contributed by atoms with van der Waals surface area (Å²) in [6.45, 7) is 0.649. The second kappa shape index (κ2) is 7.07. The van der Waals surface area contributed by atoms with Gasteiger partial charge < -0.3 is 0 Å². The van der Waals surface area contributed by atoms with Gasteiger partial charge in [-0.2, -0.15) is 0 Å². The third-order valence-electron chi connectivity index (χ3n) is 5.06. The lowest BCUT2D eigenvalue weighted by molar-refractivity contribution is -0.122. The molecule has 134 valence electrons. The van der Waals surface area contributed by atoms with E-state index in [2.05, 4.69) is 20.6 Å². The molecule has 0 radical (unpaired) electrons. The monoisotopic (exact) mass is 352 g/mol. The molecule has 3 aromatic rings. The molecule has 0 unspecified atom stereocenters. The molecular formula is C18H20N6O2. The maximum Gasteiger partial charge on any atom is 0.261 e. The minimum atomic E-state index is -0.0138. The summed E-state index contributed by atoms with van der Waals surface area (Å²) in [6, 6.07) is 7.40. The van der Waals surface area contributed by atoms with Gasteiger partial charge in [-0.15, -0.1) is 10.2 Å². The van der Waals surface area contributed by atoms with E-state index in [9.17, 15) is 9.59 Å². The first-order valence-corrected chi connectivity index (χ1v) is 8.80. The lowest BCUT2D eigenvalue weighted by atomic mass is 9.81. The van der Waals surface area contributed by atoms with Crippen LogP contribution in [-0.4, -0.2) is 30.3 Å². The van der Waals surface area contributed by atoms with Gasteiger partial charge in [0.05, 0.1) is 17.2 Å². The first-order chi connectivity index (χ1) is 12.7. The molecule has 1 N–H and O–H groups in total. The molecule has 8 heteroatoms. The number of fused-ring (bicyclic) bond motifs is 1. The van der Waals surface area contributed by atoms with Gasteiger partial charge in [-0.25, -0.2) is 9.66 Å². The smallest absolute Gasteiger partial charge is 0.261 e. The predicted octanol–water partition coefficient (Wildman–Crippen LogP) is 1.56. The Morgan fingerprint density at radius 1 is 1.08 bits per heavy atom. The van der Waals surface area contributed by atoms with Crippen LogP contribution >= 0.6 is 0 Å². The first-order valence-electron chi connectivity index (χ1n) is 8.80. The van der Waals surface area contributed by atoms with Crippen LogP contribution in [-0.2, 0) is 11.3 Å². The second-order valence-electron chi connectivity index (χ2n) is 6.78. The van der Waals surface area contributed by atoms with Crippen LogP contribution < -0.4 is 11.0 Å². The van der Waals surface area contributed by atoms with Crippen LogP contribution in [0.4, 0.5) is 0 Å². The van der Waals surface area contributed by atoms with E-state index in [0.29, 0.717) is 17.8 Å². The molecule has 0 atom stereocenters. The van der Waals surface area contributed by atoms with Crippen molar-refractivity contribution >= 4 is 16.8 Å². The molecule has 1 fully saturated rings. The highest BCUT2D eigenvalue weighted by Gasteiger charge is 2.27. The van der Waals surface area contributed by atoms with E-state index >= 15 is 0 Å². The van der Waals surface area contributed by atoms with Crippen molar-refractivity contribution in [3.63, 3.8) is 0 Å². The van der Waals surface area contributed by atoms with E-state index in [1.54, 1.807) is 10.9 Å². The molecule has 1 saturated carbocycles. The van der Waals surface area contributed by atoms with Crippen molar-refractivity contribution in [2.24, 2.45) is 11.8 Å². The molecule has 0 bridgehead atoms. The van der Waals surface area contributed by atoms with E-state index in [-0.39, 0.29) is 17.4 Å². The number of amides is 1. The van der Waals surface area contributed by atoms with Gasteiger partial charge in [-0.05, 0) is 43.7 Å². The fraction of sp³-hybridized carbons (Fsp3) is 0.389. The van der Waals surface area contributed by atoms with Crippen LogP contribution in [0.3, 0.4) is 0 Å². The number of nitrogens with zero attached hydrogens (tertiary/aromatic N) is 5. The van der Waals surface area contributed by atoms with E-state index in [0.717, 1.165) is 31.2 Å². The van der Waals surface area contributed by atoms with E-state index in [1.165, 1.54) is 17.3 Å². The van der Waals surface area contributed by atoms with Gasteiger partial charge in [0.15, 0.2) is 0 Å². The molecule has 26 heavy (non-hydrogen) atoms. The van der Waals surface area contributed by atoms with Gasteiger partial charge in [0, 0.05) is 12.5 Å². The van der Waals surface area contributed by atoms with Gasteiger partial charge in [-0.1, -0.05) is 12.1 Å². The summed E-state index contributed by atoms with van der Waals surface area (Å²) in [6.07, 6.45) is 8.02. The number of rotatable bonds is 4. The molecule has 1 amide bonds. The summed E-state index contributed by atoms with van der Waals surface area (Å²) in [5.74, 6) is 0.363. The average molecular weight is 352 g/mol. The second-order valence-corrected chi connectivity index (χ2v) is 6.78. The zero-order valence-electron chi connectivity index (χ0n) is 14.3. The Labute approximate surface area is 149 Å². The summed E-state index contributed by atoms with van der Waals surface area (Å²) in [5.41, 5.74) is 3.50. The summed E-state index contributed by atoms with van der Waals surface area (Å²) < 4.78 is 3.17. The SMILES string of the molecule is O=C(Nn1cnnc1)C1CCC(Cn2cnc3ccccc3c2=O)CC1. The number of hydrogen-bond donors (Lipinski definition) is 1. The molecule has 0 aliphatic heterocycles. The molecule has 1 aliphatic rings. The van der Waals surface area contributed by atoms with Crippen molar-refractivity contribution in [3.8, 4) is 0 Å². The number of carbonyl (C=O) groups is 1. The Bertz CT molecular complexity index is 957. The summed E-state index contributed by atoms with van der Waals surface area (Å²) >= 11 is 0. The van der Waals surface area contributed by atoms with Crippen LogP contribution in [0.25, 0.3) is 10.9 Å². The summed E-state index contributed by atoms with van der Waals surface area (Å²) in [4.78, 5) is 29.3. The largest absolute Gasteiger partial charge is 0.298 e. The topological polar surface area (TPSA) is 94.7 Å². The van der Waals surface area contributed by atoms with Crippen molar-refractivity contribution in [1.29, 1.82) is 0 Å². The minimum absolute atomic E-state index is 0.00285. The van der Waals surface area contributed by atoms with Crippen LogP contribution in [0.2, 0.25) is 0 Å². The number of para-hydroxylation sites is 1. The Hall–Kier alpha value is -3.03. The van der Waals surface area contributed by atoms with E-state index < -0.39 is 0 Å². The summed E-state index contributed by atoms with van der Waals surface area (Å²) in [7, 11) is 0. The number of nitrogens with one attached hydrogen (secondary N) is 1. The van der Waals surface area contributed by atoms with Crippen molar-refractivity contribution in [1.82, 2.24) is 24.4 Å². The fourth-order valence-electron chi connectivity index (χ4n) is 3.60. The van der Waals surface area contributed by atoms with Gasteiger partial charge >= 0.3 is 0 Å². The third kappa shape index (κ3) is 3.35. The predicted molar refractivity (Wildman–Crippen MR) is 95.8 cm³/mol. The van der Waals surface area contributed by atoms with Crippen LogP contribution in [0.1, 0.15) is 25.7 Å². The third-order valence-corrected chi connectivity index (χ3v) is 5.06. The maximum atomic E-state index is 12.6. The molecule has 2 aromatic heterocycles. The molecule has 0 saturated heterocycles. The van der Waals surface area contributed by atoms with Crippen molar-refractivity contribution < 1.29 is 4.79 Å². The van der Waals surface area contributed by atoms with Crippen molar-refractivity contribution in [2.75, 3.05) is 5.43 Å². The molecular weight excluding hydrogens is 332 g/mol. The van der Waals surface area contributed by atoms with Crippen LogP contribution in [0.15, 0.2) is 48.0 Å². The van der Waals surface area contributed by atoms with Crippen LogP contribution in [0.5, 0.6) is 0 Å². The average Bonchev–Trinajstić information content (AvgIpc) is 3.18. The number of carbonyl (C=O) groups excluding carboxylic acids is 1. The van der Waals surface area contributed by atoms with Gasteiger partial charge in [-0.3, -0.25) is 19.6 Å². The zero-order valence-corrected chi connectivity index (χ0v) is 14.3. The molecule has 2 heterocycles. The number of hydrogen-bond acceptors (Lipinski definition) is 5. The standard InChI is InChI=1S/C18H20N6O2/c25-17(22-24-11-20-21-12-24)14-7-5-13(6-8-14)9-23-10-19-16-4-2-1-3-15(16)18(23)26/h1-4,10-14H,5-9H2,(H,22,25). The maximum absolute atomic E-state index is 12.6. The highest BCUT2D eigenvalue weighted by Crippen LogP contribution is 2.30. The lowest BCUT2D eigenvalue weighted by Gasteiger charge is -2.28. The Balaban J connectivity index is 1.37. The Kier molecular flexibility index (Phi) is 4.47. The normalized spacial score (nSPS) is 20.2. The number of aromatic nitrogens is 5. The quantitative estimate of drug-likeness (QED) is 0.769. The summed E-state index contributed by atoms with van der Waals surface area (Å²) in [5, 5.41) is 7.99. The van der Waals surface area contributed by atoms with Gasteiger partial charge in [0.25, 0.3) is 5.56 Å². The van der Waals surface area contributed by atoms with Crippen LogP contribution in [0, 0.1) is 11.8 Å². The Morgan fingerprint density at radius 2 is 1.81 bits per heavy atom. The van der Waals surface area contributed by atoms with Crippen molar-refractivity contribution in [2.45, 2.75) is 32.2 Å². The van der Waals surface area contributed by atoms with Gasteiger partial charge in [0.1, 0.15) is 12.7 Å². The van der Waals surface area contributed by atoms with Crippen molar-refractivity contribution in [3.05, 3.63) is 53.6 Å². The molecule has 8 nitrogen and oxygen atoms in total. The van der Waals surface area contributed by atoms with E-state index in [1.807, 2.05) is 24.3 Å². The minimum Gasteiger partial charge on any atom is -0.298 e. The molecule has 4 rings (SSSR count). The highest BCUT2D eigenvalue weighted by molar-refractivity contribution is 5.85. The lowest BCUT2D eigenvalue weighted by Crippen LogP contribution is -2.33. The Morgan fingerprint density at radius 3 is 2.58 bits per heavy atom. The molecule has 1 aliphatic carbocycles. The zero-order chi connectivity index (χ0) is 17.9. The number of benzene rings is 1.